The summed E-state index contributed by atoms with van der Waals surface area (Å²) in [6, 6.07) is 0. The van der Waals surface area contributed by atoms with Crippen LogP contribution in [0.15, 0.2) is 0 Å². The number of rotatable bonds is 2. The summed E-state index contributed by atoms with van der Waals surface area (Å²) in [6.07, 6.45) is 2.57. The topological polar surface area (TPSA) is 42.2 Å². The van der Waals surface area contributed by atoms with Crippen LogP contribution in [0.3, 0.4) is 0 Å². The van der Waals surface area contributed by atoms with Gasteiger partial charge in [-0.05, 0) is 25.7 Å². The molecule has 1 atom stereocenters. The molecule has 0 radical (unpaired) electrons. The number of aryl methyl sites for hydroxylation is 1. The highest BCUT2D eigenvalue weighted by Gasteiger charge is 2.20. The first-order valence-electron chi connectivity index (χ1n) is 5.60. The van der Waals surface area contributed by atoms with Gasteiger partial charge in [0.25, 0.3) is 0 Å². The molecule has 0 aliphatic carbocycles. The maximum absolute atomic E-state index is 5.67. The SMILES string of the molecule is Cc1nc(N2CCCC(C)C2)sc1C(N)=S. The van der Waals surface area contributed by atoms with Crippen LogP contribution >= 0.6 is 23.6 Å². The number of thiocarbonyl (C=S) groups is 1. The molecule has 1 aliphatic heterocycles. The Balaban J connectivity index is 2.20. The van der Waals surface area contributed by atoms with Crippen molar-refractivity contribution in [3.8, 4) is 0 Å². The van der Waals surface area contributed by atoms with Crippen LogP contribution in [0.1, 0.15) is 30.3 Å². The van der Waals surface area contributed by atoms with Crippen molar-refractivity contribution in [2.75, 3.05) is 18.0 Å². The number of thiazole rings is 1. The molecular weight excluding hydrogens is 238 g/mol. The standard InChI is InChI=1S/C11H17N3S2/c1-7-4-3-5-14(6-7)11-13-8(2)9(16-11)10(12)15/h7H,3-6H2,1-2H3,(H2,12,15). The Morgan fingerprint density at radius 2 is 2.38 bits per heavy atom. The van der Waals surface area contributed by atoms with E-state index >= 15 is 0 Å². The average Bonchev–Trinajstić information content (AvgIpc) is 2.60. The van der Waals surface area contributed by atoms with E-state index in [4.69, 9.17) is 18.0 Å². The highest BCUT2D eigenvalue weighted by molar-refractivity contribution is 7.81. The summed E-state index contributed by atoms with van der Waals surface area (Å²) in [6.45, 7) is 6.47. The minimum Gasteiger partial charge on any atom is -0.389 e. The summed E-state index contributed by atoms with van der Waals surface area (Å²) in [5.74, 6) is 0.756. The number of hydrogen-bond acceptors (Lipinski definition) is 4. The molecule has 2 rings (SSSR count). The number of hydrogen-bond donors (Lipinski definition) is 1. The zero-order valence-electron chi connectivity index (χ0n) is 9.69. The second kappa shape index (κ2) is 4.67. The molecule has 88 valence electrons. The van der Waals surface area contributed by atoms with Gasteiger partial charge in [0.05, 0.1) is 10.6 Å². The van der Waals surface area contributed by atoms with Crippen molar-refractivity contribution in [2.24, 2.45) is 11.7 Å². The van der Waals surface area contributed by atoms with Gasteiger partial charge in [0, 0.05) is 13.1 Å². The van der Waals surface area contributed by atoms with E-state index in [0.29, 0.717) is 4.99 Å². The maximum Gasteiger partial charge on any atom is 0.186 e. The summed E-state index contributed by atoms with van der Waals surface area (Å²) in [4.78, 5) is 8.35. The molecule has 16 heavy (non-hydrogen) atoms. The Hall–Kier alpha value is -0.680. The van der Waals surface area contributed by atoms with E-state index in [1.807, 2.05) is 6.92 Å². The fraction of sp³-hybridized carbons (Fsp3) is 0.636. The number of anilines is 1. The van der Waals surface area contributed by atoms with Gasteiger partial charge in [0.2, 0.25) is 0 Å². The Labute approximate surface area is 106 Å². The molecule has 1 fully saturated rings. The van der Waals surface area contributed by atoms with Crippen LogP contribution in [0, 0.1) is 12.8 Å². The largest absolute Gasteiger partial charge is 0.389 e. The molecule has 2 heterocycles. The molecule has 1 saturated heterocycles. The van der Waals surface area contributed by atoms with E-state index < -0.39 is 0 Å². The minimum atomic E-state index is 0.464. The molecule has 1 aromatic rings. The van der Waals surface area contributed by atoms with Crippen LogP contribution in [0.2, 0.25) is 0 Å². The molecule has 0 bridgehead atoms. The smallest absolute Gasteiger partial charge is 0.186 e. The average molecular weight is 255 g/mol. The number of aromatic nitrogens is 1. The monoisotopic (exact) mass is 255 g/mol. The fourth-order valence-electron chi connectivity index (χ4n) is 2.11. The lowest BCUT2D eigenvalue weighted by molar-refractivity contribution is 0.446. The molecule has 2 N–H and O–H groups in total. The zero-order valence-corrected chi connectivity index (χ0v) is 11.3. The van der Waals surface area contributed by atoms with E-state index in [1.54, 1.807) is 11.3 Å². The van der Waals surface area contributed by atoms with Gasteiger partial charge >= 0.3 is 0 Å². The maximum atomic E-state index is 5.67. The quantitative estimate of drug-likeness (QED) is 0.824. The molecule has 1 aliphatic rings. The summed E-state index contributed by atoms with van der Waals surface area (Å²) < 4.78 is 0. The lowest BCUT2D eigenvalue weighted by Crippen LogP contribution is -2.34. The van der Waals surface area contributed by atoms with Crippen molar-refractivity contribution >= 4 is 33.7 Å². The third-order valence-electron chi connectivity index (χ3n) is 2.94. The van der Waals surface area contributed by atoms with Gasteiger partial charge in [-0.25, -0.2) is 4.98 Å². The third-order valence-corrected chi connectivity index (χ3v) is 4.52. The lowest BCUT2D eigenvalue weighted by Gasteiger charge is -2.30. The fourth-order valence-corrected chi connectivity index (χ4v) is 3.34. The van der Waals surface area contributed by atoms with Crippen molar-refractivity contribution in [2.45, 2.75) is 26.7 Å². The predicted molar refractivity (Wildman–Crippen MR) is 73.3 cm³/mol. The van der Waals surface area contributed by atoms with Crippen LogP contribution in [0.25, 0.3) is 0 Å². The molecular formula is C11H17N3S2. The van der Waals surface area contributed by atoms with Crippen LogP contribution in [0.4, 0.5) is 5.13 Å². The van der Waals surface area contributed by atoms with Crippen molar-refractivity contribution in [3.05, 3.63) is 10.6 Å². The van der Waals surface area contributed by atoms with Gasteiger partial charge in [-0.1, -0.05) is 30.5 Å². The van der Waals surface area contributed by atoms with Gasteiger partial charge in [-0.3, -0.25) is 0 Å². The Morgan fingerprint density at radius 1 is 1.62 bits per heavy atom. The molecule has 0 saturated carbocycles. The summed E-state index contributed by atoms with van der Waals surface area (Å²) in [5, 5.41) is 1.08. The van der Waals surface area contributed by atoms with Crippen LogP contribution < -0.4 is 10.6 Å². The van der Waals surface area contributed by atoms with E-state index in [-0.39, 0.29) is 0 Å². The molecule has 1 aromatic heterocycles. The van der Waals surface area contributed by atoms with E-state index in [2.05, 4.69) is 16.8 Å². The molecule has 3 nitrogen and oxygen atoms in total. The number of nitrogens with zero attached hydrogens (tertiary/aromatic N) is 2. The Kier molecular flexibility index (Phi) is 3.44. The second-order valence-electron chi connectivity index (χ2n) is 4.47. The molecule has 1 unspecified atom stereocenters. The van der Waals surface area contributed by atoms with Crippen LogP contribution in [0.5, 0.6) is 0 Å². The van der Waals surface area contributed by atoms with Gasteiger partial charge in [-0.2, -0.15) is 0 Å². The zero-order chi connectivity index (χ0) is 11.7. The van der Waals surface area contributed by atoms with E-state index in [9.17, 15) is 0 Å². The summed E-state index contributed by atoms with van der Waals surface area (Å²) in [7, 11) is 0. The first-order valence-corrected chi connectivity index (χ1v) is 6.82. The third kappa shape index (κ3) is 2.35. The Morgan fingerprint density at radius 3 is 2.94 bits per heavy atom. The minimum absolute atomic E-state index is 0.464. The summed E-state index contributed by atoms with van der Waals surface area (Å²) in [5.41, 5.74) is 6.63. The van der Waals surface area contributed by atoms with Crippen LogP contribution in [-0.2, 0) is 0 Å². The van der Waals surface area contributed by atoms with Crippen molar-refractivity contribution < 1.29 is 0 Å². The summed E-state index contributed by atoms with van der Waals surface area (Å²) >= 11 is 6.64. The van der Waals surface area contributed by atoms with Crippen molar-refractivity contribution in [3.63, 3.8) is 0 Å². The first-order chi connectivity index (χ1) is 7.58. The molecule has 0 aromatic carbocycles. The number of nitrogens with two attached hydrogens (primary N) is 1. The predicted octanol–water partition coefficient (Wildman–Crippen LogP) is 2.32. The van der Waals surface area contributed by atoms with Gasteiger partial charge in [0.15, 0.2) is 5.13 Å². The lowest BCUT2D eigenvalue weighted by atomic mass is 10.0. The van der Waals surface area contributed by atoms with Crippen LogP contribution in [-0.4, -0.2) is 23.1 Å². The highest BCUT2D eigenvalue weighted by Crippen LogP contribution is 2.29. The van der Waals surface area contributed by atoms with Gasteiger partial charge < -0.3 is 10.6 Å². The molecule has 5 heteroatoms. The normalized spacial score (nSPS) is 21.1. The van der Waals surface area contributed by atoms with Gasteiger partial charge in [0.1, 0.15) is 4.99 Å². The molecule has 0 amide bonds. The van der Waals surface area contributed by atoms with Gasteiger partial charge in [-0.15, -0.1) is 0 Å². The second-order valence-corrected chi connectivity index (χ2v) is 5.89. The van der Waals surface area contributed by atoms with E-state index in [1.165, 1.54) is 12.8 Å². The van der Waals surface area contributed by atoms with Crippen molar-refractivity contribution in [1.82, 2.24) is 4.98 Å². The van der Waals surface area contributed by atoms with E-state index in [0.717, 1.165) is 34.7 Å². The highest BCUT2D eigenvalue weighted by atomic mass is 32.1. The first kappa shape index (κ1) is 11.8. The van der Waals surface area contributed by atoms with Crippen molar-refractivity contribution in [1.29, 1.82) is 0 Å². The number of piperidine rings is 1. The Bertz CT molecular complexity index is 400. The molecule has 0 spiro atoms.